The third-order valence-corrected chi connectivity index (χ3v) is 4.88. The smallest absolute Gasteiger partial charge is 0.337 e. The molecule has 0 fully saturated rings. The molecule has 0 atom stereocenters. The number of nitrogens with zero attached hydrogens (tertiary/aromatic N) is 4. The van der Waals surface area contributed by atoms with Gasteiger partial charge in [0.25, 0.3) is 0 Å². The van der Waals surface area contributed by atoms with E-state index in [9.17, 15) is 14.7 Å². The highest BCUT2D eigenvalue weighted by molar-refractivity contribution is 5.95. The molecule has 0 aliphatic rings. The summed E-state index contributed by atoms with van der Waals surface area (Å²) in [4.78, 5) is 32.1. The number of carbonyl (C=O) groups excluding carboxylic acids is 1. The second-order valence-corrected chi connectivity index (χ2v) is 7.20. The third-order valence-electron chi connectivity index (χ3n) is 4.88. The van der Waals surface area contributed by atoms with Gasteiger partial charge in [0, 0.05) is 31.8 Å². The minimum absolute atomic E-state index is 0.0248. The number of carboxylic acids is 1. The van der Waals surface area contributed by atoms with Crippen LogP contribution in [0.4, 0.5) is 0 Å². The Morgan fingerprint density at radius 2 is 1.83 bits per heavy atom. The van der Waals surface area contributed by atoms with Crippen LogP contribution in [0.1, 0.15) is 71.9 Å². The topological polar surface area (TPSA) is 98.0 Å². The Morgan fingerprint density at radius 1 is 1.07 bits per heavy atom. The molecule has 0 bridgehead atoms. The van der Waals surface area contributed by atoms with Crippen molar-refractivity contribution in [1.82, 2.24) is 19.7 Å². The molecule has 0 saturated heterocycles. The SMILES string of the molecule is CCCCn1nc(C(=O)CCC)nc1Cc1ccc(-c2ccncc2C(=O)O)cc1. The van der Waals surface area contributed by atoms with E-state index in [-0.39, 0.29) is 11.3 Å². The number of carboxylic acid groups (broad SMARTS) is 1. The van der Waals surface area contributed by atoms with Crippen molar-refractivity contribution in [2.75, 3.05) is 0 Å². The number of pyridine rings is 1. The van der Waals surface area contributed by atoms with E-state index in [0.29, 0.717) is 24.2 Å². The molecule has 3 aromatic rings. The summed E-state index contributed by atoms with van der Waals surface area (Å²) in [6.45, 7) is 4.81. The molecule has 0 aliphatic carbocycles. The lowest BCUT2D eigenvalue weighted by Crippen LogP contribution is -2.07. The number of aromatic nitrogens is 4. The predicted octanol–water partition coefficient (Wildman–Crippen LogP) is 4.41. The van der Waals surface area contributed by atoms with Gasteiger partial charge >= 0.3 is 5.97 Å². The average molecular weight is 406 g/mol. The Kier molecular flexibility index (Phi) is 7.06. The molecule has 1 aromatic carbocycles. The van der Waals surface area contributed by atoms with Crippen LogP contribution in [-0.2, 0) is 13.0 Å². The molecule has 2 heterocycles. The highest BCUT2D eigenvalue weighted by atomic mass is 16.4. The van der Waals surface area contributed by atoms with E-state index >= 15 is 0 Å². The zero-order chi connectivity index (χ0) is 21.5. The summed E-state index contributed by atoms with van der Waals surface area (Å²) in [5, 5.41) is 13.8. The van der Waals surface area contributed by atoms with Crippen molar-refractivity contribution in [3.63, 3.8) is 0 Å². The van der Waals surface area contributed by atoms with Gasteiger partial charge in [-0.2, -0.15) is 0 Å². The summed E-state index contributed by atoms with van der Waals surface area (Å²) < 4.78 is 1.84. The third kappa shape index (κ3) is 4.97. The summed E-state index contributed by atoms with van der Waals surface area (Å²) in [7, 11) is 0. The predicted molar refractivity (Wildman–Crippen MR) is 114 cm³/mol. The first-order valence-electron chi connectivity index (χ1n) is 10.3. The van der Waals surface area contributed by atoms with E-state index in [4.69, 9.17) is 0 Å². The number of unbranched alkanes of at least 4 members (excludes halogenated alkanes) is 1. The van der Waals surface area contributed by atoms with Gasteiger partial charge < -0.3 is 5.11 Å². The van der Waals surface area contributed by atoms with Gasteiger partial charge in [-0.1, -0.05) is 44.5 Å². The fourth-order valence-electron chi connectivity index (χ4n) is 3.25. The maximum atomic E-state index is 12.2. The first-order chi connectivity index (χ1) is 14.5. The first-order valence-corrected chi connectivity index (χ1v) is 10.3. The lowest BCUT2D eigenvalue weighted by atomic mass is 10.00. The van der Waals surface area contributed by atoms with Crippen LogP contribution in [-0.4, -0.2) is 36.6 Å². The number of benzene rings is 1. The maximum Gasteiger partial charge on any atom is 0.337 e. The number of aryl methyl sites for hydroxylation is 1. The van der Waals surface area contributed by atoms with Gasteiger partial charge in [-0.3, -0.25) is 9.78 Å². The van der Waals surface area contributed by atoms with Crippen LogP contribution >= 0.6 is 0 Å². The largest absolute Gasteiger partial charge is 0.478 e. The number of aromatic carboxylic acids is 1. The highest BCUT2D eigenvalue weighted by Gasteiger charge is 2.16. The van der Waals surface area contributed by atoms with Crippen molar-refractivity contribution in [2.45, 2.75) is 52.5 Å². The molecule has 0 spiro atoms. The second-order valence-electron chi connectivity index (χ2n) is 7.20. The van der Waals surface area contributed by atoms with Crippen LogP contribution in [0, 0.1) is 0 Å². The number of hydrogen-bond donors (Lipinski definition) is 1. The minimum Gasteiger partial charge on any atom is -0.478 e. The molecular weight excluding hydrogens is 380 g/mol. The standard InChI is InChI=1S/C23H26N4O3/c1-3-5-13-27-21(25-22(26-27)20(28)6-4-2)14-16-7-9-17(10-8-16)18-11-12-24-15-19(18)23(29)30/h7-12,15H,3-6,13-14H2,1-2H3,(H,29,30). The van der Waals surface area contributed by atoms with Gasteiger partial charge in [-0.15, -0.1) is 5.10 Å². The summed E-state index contributed by atoms with van der Waals surface area (Å²) in [6, 6.07) is 9.40. The minimum atomic E-state index is -1.00. The fourth-order valence-corrected chi connectivity index (χ4v) is 3.25. The lowest BCUT2D eigenvalue weighted by molar-refractivity contribution is 0.0697. The molecule has 0 unspecified atom stereocenters. The molecule has 1 N–H and O–H groups in total. The molecule has 0 amide bonds. The number of Topliss-reactive ketones (excluding diaryl/α,β-unsaturated/α-hetero) is 1. The summed E-state index contributed by atoms with van der Waals surface area (Å²) >= 11 is 0. The summed E-state index contributed by atoms with van der Waals surface area (Å²) in [5.41, 5.74) is 2.63. The maximum absolute atomic E-state index is 12.2. The number of rotatable bonds is 10. The van der Waals surface area contributed by atoms with Gasteiger partial charge in [0.2, 0.25) is 11.6 Å². The van der Waals surface area contributed by atoms with Crippen molar-refractivity contribution in [3.05, 3.63) is 65.5 Å². The van der Waals surface area contributed by atoms with Crippen LogP contribution < -0.4 is 0 Å². The normalized spacial score (nSPS) is 10.9. The van der Waals surface area contributed by atoms with E-state index in [1.165, 1.54) is 6.20 Å². The lowest BCUT2D eigenvalue weighted by Gasteiger charge is -2.08. The van der Waals surface area contributed by atoms with Crippen molar-refractivity contribution in [3.8, 4) is 11.1 Å². The van der Waals surface area contributed by atoms with E-state index in [2.05, 4.69) is 22.0 Å². The molecule has 0 radical (unpaired) electrons. The fraction of sp³-hybridized carbons (Fsp3) is 0.348. The van der Waals surface area contributed by atoms with Crippen molar-refractivity contribution < 1.29 is 14.7 Å². The van der Waals surface area contributed by atoms with Crippen LogP contribution in [0.2, 0.25) is 0 Å². The Hall–Kier alpha value is -3.35. The van der Waals surface area contributed by atoms with Crippen LogP contribution in [0.15, 0.2) is 42.7 Å². The summed E-state index contributed by atoms with van der Waals surface area (Å²) in [5.74, 6) is 0.0342. The molecule has 0 aliphatic heterocycles. The Morgan fingerprint density at radius 3 is 2.50 bits per heavy atom. The summed E-state index contributed by atoms with van der Waals surface area (Å²) in [6.07, 6.45) is 6.72. The molecule has 0 saturated carbocycles. The Bertz CT molecular complexity index is 1030. The zero-order valence-electron chi connectivity index (χ0n) is 17.3. The number of hydrogen-bond acceptors (Lipinski definition) is 5. The monoisotopic (exact) mass is 406 g/mol. The van der Waals surface area contributed by atoms with Crippen molar-refractivity contribution >= 4 is 11.8 Å². The Balaban J connectivity index is 1.84. The molecular formula is C23H26N4O3. The molecule has 2 aromatic heterocycles. The van der Waals surface area contributed by atoms with Crippen molar-refractivity contribution in [2.24, 2.45) is 0 Å². The Labute approximate surface area is 175 Å². The van der Waals surface area contributed by atoms with Crippen LogP contribution in [0.3, 0.4) is 0 Å². The van der Waals surface area contributed by atoms with Gasteiger partial charge in [-0.25, -0.2) is 14.5 Å². The number of carbonyl (C=O) groups is 2. The van der Waals surface area contributed by atoms with Crippen molar-refractivity contribution in [1.29, 1.82) is 0 Å². The molecule has 3 rings (SSSR count). The first kappa shape index (κ1) is 21.4. The van der Waals surface area contributed by atoms with E-state index < -0.39 is 5.97 Å². The highest BCUT2D eigenvalue weighted by Crippen LogP contribution is 2.24. The van der Waals surface area contributed by atoms with Crippen LogP contribution in [0.5, 0.6) is 0 Å². The molecule has 30 heavy (non-hydrogen) atoms. The molecule has 156 valence electrons. The van der Waals surface area contributed by atoms with Gasteiger partial charge in [-0.05, 0) is 35.6 Å². The van der Waals surface area contributed by atoms with Crippen LogP contribution in [0.25, 0.3) is 11.1 Å². The average Bonchev–Trinajstić information content (AvgIpc) is 3.15. The number of ketones is 1. The van der Waals surface area contributed by atoms with E-state index in [1.54, 1.807) is 12.3 Å². The zero-order valence-corrected chi connectivity index (χ0v) is 17.3. The quantitative estimate of drug-likeness (QED) is 0.501. The van der Waals surface area contributed by atoms with E-state index in [1.807, 2.05) is 35.9 Å². The van der Waals surface area contributed by atoms with Gasteiger partial charge in [0.15, 0.2) is 0 Å². The van der Waals surface area contributed by atoms with E-state index in [0.717, 1.165) is 42.8 Å². The second kappa shape index (κ2) is 9.91. The molecule has 7 heteroatoms. The molecule has 7 nitrogen and oxygen atoms in total. The van der Waals surface area contributed by atoms with Gasteiger partial charge in [0.05, 0.1) is 5.56 Å². The van der Waals surface area contributed by atoms with Gasteiger partial charge in [0.1, 0.15) is 5.82 Å².